The molecule has 0 amide bonds. The summed E-state index contributed by atoms with van der Waals surface area (Å²) in [5.74, 6) is 0. The number of nitrogens with one attached hydrogen (secondary N) is 2. The minimum Gasteiger partial charge on any atom is -0.385 e. The lowest BCUT2D eigenvalue weighted by atomic mass is 9.99. The van der Waals surface area contributed by atoms with Crippen LogP contribution in [0, 0.1) is 0 Å². The van der Waals surface area contributed by atoms with E-state index in [1.54, 1.807) is 0 Å². The molecule has 1 aromatic heterocycles. The zero-order valence-electron chi connectivity index (χ0n) is 16.0. The minimum absolute atomic E-state index is 0.00966. The molecule has 3 aromatic rings. The second-order valence-electron chi connectivity index (χ2n) is 6.97. The normalized spacial score (nSPS) is 11.5. The van der Waals surface area contributed by atoms with Crippen molar-refractivity contribution in [1.29, 1.82) is 0 Å². The highest BCUT2D eigenvalue weighted by Gasteiger charge is 2.29. The van der Waals surface area contributed by atoms with Crippen LogP contribution in [0.2, 0.25) is 0 Å². The number of rotatable bonds is 10. The van der Waals surface area contributed by atoms with Gasteiger partial charge in [-0.25, -0.2) is 4.79 Å². The van der Waals surface area contributed by atoms with E-state index in [0.717, 1.165) is 11.1 Å². The van der Waals surface area contributed by atoms with Crippen molar-refractivity contribution in [2.75, 3.05) is 13.2 Å². The molecule has 0 radical (unpaired) electrons. The highest BCUT2D eigenvalue weighted by atomic mass is 16.5. The molecule has 1 heterocycles. The first-order chi connectivity index (χ1) is 14.0. The van der Waals surface area contributed by atoms with Gasteiger partial charge in [0.25, 0.3) is 5.56 Å². The number of benzene rings is 2. The topological polar surface area (TPSA) is 104 Å². The second-order valence-corrected chi connectivity index (χ2v) is 6.97. The van der Waals surface area contributed by atoms with Gasteiger partial charge in [0.05, 0.1) is 26.4 Å². The number of aromatic nitrogens is 2. The summed E-state index contributed by atoms with van der Waals surface area (Å²) in [6.07, 6.45) is 0.00966. The number of aromatic amines is 2. The summed E-state index contributed by atoms with van der Waals surface area (Å²) in [5.41, 5.74) is -0.297. The van der Waals surface area contributed by atoms with E-state index in [4.69, 9.17) is 9.47 Å². The lowest BCUT2D eigenvalue weighted by Crippen LogP contribution is -2.43. The lowest BCUT2D eigenvalue weighted by Gasteiger charge is -2.28. The SMILES string of the molecule is O=c1cc(CC(O)(COCc2ccccc2)COCc2ccccc2)[nH]c(=O)[nH]1. The molecule has 3 N–H and O–H groups in total. The van der Waals surface area contributed by atoms with Crippen LogP contribution in [-0.4, -0.2) is 33.9 Å². The molecule has 0 aliphatic carbocycles. The van der Waals surface area contributed by atoms with Crippen LogP contribution >= 0.6 is 0 Å². The Balaban J connectivity index is 1.66. The van der Waals surface area contributed by atoms with Crippen LogP contribution in [0.1, 0.15) is 16.8 Å². The lowest BCUT2D eigenvalue weighted by molar-refractivity contribution is -0.102. The smallest absolute Gasteiger partial charge is 0.325 e. The number of ether oxygens (including phenoxy) is 2. The average molecular weight is 396 g/mol. The van der Waals surface area contributed by atoms with E-state index >= 15 is 0 Å². The average Bonchev–Trinajstić information content (AvgIpc) is 2.69. The van der Waals surface area contributed by atoms with Crippen LogP contribution in [0.25, 0.3) is 0 Å². The fourth-order valence-corrected chi connectivity index (χ4v) is 2.98. The van der Waals surface area contributed by atoms with Gasteiger partial charge in [-0.15, -0.1) is 0 Å². The maximum Gasteiger partial charge on any atom is 0.325 e. The Hall–Kier alpha value is -3.00. The molecule has 3 rings (SSSR count). The first kappa shape index (κ1) is 20.7. The molecule has 7 heteroatoms. The predicted molar refractivity (Wildman–Crippen MR) is 109 cm³/mol. The van der Waals surface area contributed by atoms with Gasteiger partial charge in [-0.3, -0.25) is 9.78 Å². The number of hydrogen-bond acceptors (Lipinski definition) is 5. The summed E-state index contributed by atoms with van der Waals surface area (Å²) in [6, 6.07) is 20.5. The maximum atomic E-state index is 11.6. The van der Waals surface area contributed by atoms with E-state index < -0.39 is 16.9 Å². The molecule has 2 aromatic carbocycles. The van der Waals surface area contributed by atoms with Crippen molar-refractivity contribution in [3.63, 3.8) is 0 Å². The Morgan fingerprint density at radius 3 is 1.79 bits per heavy atom. The Morgan fingerprint density at radius 1 is 0.793 bits per heavy atom. The van der Waals surface area contributed by atoms with Gasteiger partial charge >= 0.3 is 5.69 Å². The fourth-order valence-electron chi connectivity index (χ4n) is 2.98. The molecule has 7 nitrogen and oxygen atoms in total. The fraction of sp³-hybridized carbons (Fsp3) is 0.273. The van der Waals surface area contributed by atoms with Crippen LogP contribution in [0.4, 0.5) is 0 Å². The molecule has 29 heavy (non-hydrogen) atoms. The van der Waals surface area contributed by atoms with E-state index in [1.807, 2.05) is 60.7 Å². The Morgan fingerprint density at radius 2 is 1.31 bits per heavy atom. The molecule has 0 atom stereocenters. The molecule has 0 aliphatic heterocycles. The molecule has 0 aliphatic rings. The molecule has 0 spiro atoms. The molecule has 0 fully saturated rings. The molecular weight excluding hydrogens is 372 g/mol. The predicted octanol–water partition coefficient (Wildman–Crippen LogP) is 1.77. The van der Waals surface area contributed by atoms with Crippen LogP contribution in [0.15, 0.2) is 76.3 Å². The van der Waals surface area contributed by atoms with E-state index in [-0.39, 0.29) is 19.6 Å². The molecule has 0 unspecified atom stereocenters. The van der Waals surface area contributed by atoms with Crippen molar-refractivity contribution in [2.24, 2.45) is 0 Å². The third-order valence-electron chi connectivity index (χ3n) is 4.30. The molecular formula is C22H24N2O5. The standard InChI is InChI=1S/C22H24N2O5/c25-20-11-19(23-21(26)24-20)12-22(27,15-28-13-17-7-3-1-4-8-17)16-29-14-18-9-5-2-6-10-18/h1-11,27H,12-16H2,(H2,23,24,25,26). The van der Waals surface area contributed by atoms with Crippen LogP contribution in [0.5, 0.6) is 0 Å². The van der Waals surface area contributed by atoms with Crippen molar-refractivity contribution in [1.82, 2.24) is 9.97 Å². The molecule has 152 valence electrons. The third kappa shape index (κ3) is 6.83. The zero-order chi connectivity index (χ0) is 20.5. The van der Waals surface area contributed by atoms with Crippen molar-refractivity contribution in [2.45, 2.75) is 25.2 Å². The van der Waals surface area contributed by atoms with Crippen LogP contribution in [-0.2, 0) is 29.1 Å². The van der Waals surface area contributed by atoms with Gasteiger partial charge < -0.3 is 19.6 Å². The number of hydrogen-bond donors (Lipinski definition) is 3. The first-order valence-electron chi connectivity index (χ1n) is 9.31. The van der Waals surface area contributed by atoms with Gasteiger partial charge in [0.2, 0.25) is 0 Å². The van der Waals surface area contributed by atoms with E-state index in [1.165, 1.54) is 6.07 Å². The highest BCUT2D eigenvalue weighted by molar-refractivity contribution is 5.14. The summed E-state index contributed by atoms with van der Waals surface area (Å²) in [6.45, 7) is 0.610. The summed E-state index contributed by atoms with van der Waals surface area (Å²) < 4.78 is 11.4. The summed E-state index contributed by atoms with van der Waals surface area (Å²) >= 11 is 0. The van der Waals surface area contributed by atoms with Crippen molar-refractivity contribution in [3.05, 3.63) is 104 Å². The Labute approximate surface area is 168 Å². The van der Waals surface area contributed by atoms with Crippen molar-refractivity contribution in [3.8, 4) is 0 Å². The van der Waals surface area contributed by atoms with Crippen LogP contribution < -0.4 is 11.2 Å². The monoisotopic (exact) mass is 396 g/mol. The summed E-state index contributed by atoms with van der Waals surface area (Å²) in [7, 11) is 0. The summed E-state index contributed by atoms with van der Waals surface area (Å²) in [4.78, 5) is 27.8. The molecule has 0 saturated heterocycles. The van der Waals surface area contributed by atoms with Crippen molar-refractivity contribution >= 4 is 0 Å². The van der Waals surface area contributed by atoms with Gasteiger partial charge in [0.15, 0.2) is 0 Å². The zero-order valence-corrected chi connectivity index (χ0v) is 16.0. The van der Waals surface area contributed by atoms with Gasteiger partial charge in [0, 0.05) is 18.2 Å². The first-order valence-corrected chi connectivity index (χ1v) is 9.31. The Kier molecular flexibility index (Phi) is 7.13. The second kappa shape index (κ2) is 9.97. The van der Waals surface area contributed by atoms with E-state index in [0.29, 0.717) is 18.9 Å². The van der Waals surface area contributed by atoms with Crippen LogP contribution in [0.3, 0.4) is 0 Å². The molecule has 0 bridgehead atoms. The highest BCUT2D eigenvalue weighted by Crippen LogP contribution is 2.15. The van der Waals surface area contributed by atoms with Gasteiger partial charge in [-0.2, -0.15) is 0 Å². The van der Waals surface area contributed by atoms with E-state index in [9.17, 15) is 14.7 Å². The minimum atomic E-state index is -1.42. The number of aliphatic hydroxyl groups is 1. The maximum absolute atomic E-state index is 11.6. The van der Waals surface area contributed by atoms with E-state index in [2.05, 4.69) is 9.97 Å². The third-order valence-corrected chi connectivity index (χ3v) is 4.30. The largest absolute Gasteiger partial charge is 0.385 e. The summed E-state index contributed by atoms with van der Waals surface area (Å²) in [5, 5.41) is 11.1. The molecule has 0 saturated carbocycles. The number of H-pyrrole nitrogens is 2. The van der Waals surface area contributed by atoms with Gasteiger partial charge in [-0.05, 0) is 11.1 Å². The quantitative estimate of drug-likeness (QED) is 0.485. The Bertz CT molecular complexity index is 925. The van der Waals surface area contributed by atoms with Gasteiger partial charge in [-0.1, -0.05) is 60.7 Å². The van der Waals surface area contributed by atoms with Crippen molar-refractivity contribution < 1.29 is 14.6 Å². The van der Waals surface area contributed by atoms with Gasteiger partial charge in [0.1, 0.15) is 5.60 Å².